The van der Waals surface area contributed by atoms with Crippen LogP contribution in [0.15, 0.2) is 22.6 Å². The van der Waals surface area contributed by atoms with Crippen LogP contribution in [0.25, 0.3) is 11.0 Å². The number of aryl methyl sites for hydroxylation is 1. The second kappa shape index (κ2) is 5.36. The van der Waals surface area contributed by atoms with E-state index in [4.69, 9.17) is 14.3 Å². The Labute approximate surface area is 127 Å². The number of nitrogens with zero attached hydrogens (tertiary/aromatic N) is 1. The fourth-order valence-corrected chi connectivity index (χ4v) is 2.87. The highest BCUT2D eigenvalue weighted by atomic mass is 16.5. The van der Waals surface area contributed by atoms with Crippen molar-refractivity contribution in [1.82, 2.24) is 4.90 Å². The van der Waals surface area contributed by atoms with Crippen molar-refractivity contribution in [1.29, 1.82) is 0 Å². The number of fused-ring (bicyclic) bond motifs is 1. The number of likely N-dealkylation sites (tertiary alicyclic amines) is 1. The molecule has 2 aromatic rings. The van der Waals surface area contributed by atoms with Gasteiger partial charge in [-0.3, -0.25) is 9.59 Å². The Morgan fingerprint density at radius 2 is 2.18 bits per heavy atom. The number of rotatable bonds is 3. The van der Waals surface area contributed by atoms with Gasteiger partial charge in [-0.25, -0.2) is 0 Å². The van der Waals surface area contributed by atoms with Gasteiger partial charge in [-0.15, -0.1) is 0 Å². The highest BCUT2D eigenvalue weighted by Crippen LogP contribution is 2.33. The highest BCUT2D eigenvalue weighted by Gasteiger charge is 2.33. The summed E-state index contributed by atoms with van der Waals surface area (Å²) in [7, 11) is 1.55. The van der Waals surface area contributed by atoms with Crippen LogP contribution in [-0.4, -0.2) is 42.1 Å². The average molecular weight is 303 g/mol. The third-order valence-corrected chi connectivity index (χ3v) is 4.17. The highest BCUT2D eigenvalue weighted by molar-refractivity contribution is 6.00. The van der Waals surface area contributed by atoms with Gasteiger partial charge in [0, 0.05) is 24.0 Å². The van der Waals surface area contributed by atoms with E-state index in [2.05, 4.69) is 0 Å². The second-order valence-electron chi connectivity index (χ2n) is 5.47. The Kier molecular flexibility index (Phi) is 3.52. The molecule has 1 N–H and O–H groups in total. The molecule has 6 nitrogen and oxygen atoms in total. The summed E-state index contributed by atoms with van der Waals surface area (Å²) in [5, 5.41) is 9.87. The molecule has 1 aliphatic heterocycles. The number of aliphatic carboxylic acids is 1. The molecule has 116 valence electrons. The molecule has 0 radical (unpaired) electrons. The normalized spacial score (nSPS) is 17.9. The van der Waals surface area contributed by atoms with E-state index in [9.17, 15) is 9.59 Å². The third-order valence-electron chi connectivity index (χ3n) is 4.17. The summed E-state index contributed by atoms with van der Waals surface area (Å²) in [5.41, 5.74) is 1.29. The van der Waals surface area contributed by atoms with Crippen LogP contribution < -0.4 is 4.74 Å². The fourth-order valence-electron chi connectivity index (χ4n) is 2.87. The van der Waals surface area contributed by atoms with Gasteiger partial charge in [-0.2, -0.15) is 0 Å². The topological polar surface area (TPSA) is 80.0 Å². The minimum Gasteiger partial charge on any atom is -0.493 e. The lowest BCUT2D eigenvalue weighted by molar-refractivity contribution is -0.141. The molecule has 3 rings (SSSR count). The molecule has 1 aromatic carbocycles. The predicted molar refractivity (Wildman–Crippen MR) is 79.1 cm³/mol. The molecular weight excluding hydrogens is 286 g/mol. The van der Waals surface area contributed by atoms with Gasteiger partial charge in [-0.05, 0) is 19.4 Å². The number of para-hydroxylation sites is 1. The van der Waals surface area contributed by atoms with E-state index in [-0.39, 0.29) is 18.2 Å². The SMILES string of the molecule is COc1cccc2c(C)c(C(=O)N3CC[C@H](C(=O)O)C3)oc12. The van der Waals surface area contributed by atoms with Crippen LogP contribution in [0.2, 0.25) is 0 Å². The summed E-state index contributed by atoms with van der Waals surface area (Å²) < 4.78 is 11.0. The first-order valence-corrected chi connectivity index (χ1v) is 7.11. The van der Waals surface area contributed by atoms with Crippen LogP contribution in [-0.2, 0) is 4.79 Å². The second-order valence-corrected chi connectivity index (χ2v) is 5.47. The molecule has 0 unspecified atom stereocenters. The number of ether oxygens (including phenoxy) is 1. The first-order chi connectivity index (χ1) is 10.5. The number of carbonyl (C=O) groups excluding carboxylic acids is 1. The van der Waals surface area contributed by atoms with Crippen molar-refractivity contribution in [2.75, 3.05) is 20.2 Å². The van der Waals surface area contributed by atoms with Crippen molar-refractivity contribution in [3.63, 3.8) is 0 Å². The summed E-state index contributed by atoms with van der Waals surface area (Å²) in [6.07, 6.45) is 0.476. The number of carboxylic acid groups (broad SMARTS) is 1. The van der Waals surface area contributed by atoms with Gasteiger partial charge in [0.2, 0.25) is 0 Å². The predicted octanol–water partition coefficient (Wildman–Crippen LogP) is 2.30. The molecular formula is C16H17NO5. The zero-order valence-corrected chi connectivity index (χ0v) is 12.5. The van der Waals surface area contributed by atoms with Gasteiger partial charge in [0.1, 0.15) is 0 Å². The summed E-state index contributed by atoms with van der Waals surface area (Å²) in [5.74, 6) is -0.795. The lowest BCUT2D eigenvalue weighted by Gasteiger charge is -2.14. The maximum atomic E-state index is 12.6. The lowest BCUT2D eigenvalue weighted by Crippen LogP contribution is -2.30. The van der Waals surface area contributed by atoms with Crippen LogP contribution >= 0.6 is 0 Å². The molecule has 6 heteroatoms. The van der Waals surface area contributed by atoms with E-state index in [0.717, 1.165) is 10.9 Å². The molecule has 0 bridgehead atoms. The number of carbonyl (C=O) groups is 2. The van der Waals surface area contributed by atoms with Crippen molar-refractivity contribution < 1.29 is 23.8 Å². The quantitative estimate of drug-likeness (QED) is 0.941. The number of furan rings is 1. The maximum absolute atomic E-state index is 12.6. The first-order valence-electron chi connectivity index (χ1n) is 7.11. The van der Waals surface area contributed by atoms with E-state index >= 15 is 0 Å². The minimum atomic E-state index is -0.863. The van der Waals surface area contributed by atoms with Gasteiger partial charge < -0.3 is 19.2 Å². The van der Waals surface area contributed by atoms with Crippen LogP contribution in [0, 0.1) is 12.8 Å². The summed E-state index contributed by atoms with van der Waals surface area (Å²) in [4.78, 5) is 25.2. The number of hydrogen-bond acceptors (Lipinski definition) is 4. The van der Waals surface area contributed by atoms with Gasteiger partial charge in [0.05, 0.1) is 13.0 Å². The fraction of sp³-hybridized carbons (Fsp3) is 0.375. The summed E-state index contributed by atoms with van der Waals surface area (Å²) in [6, 6.07) is 5.49. The van der Waals surface area contributed by atoms with Gasteiger partial charge in [0.25, 0.3) is 5.91 Å². The Balaban J connectivity index is 1.95. The number of methoxy groups -OCH3 is 1. The Morgan fingerprint density at radius 3 is 2.82 bits per heavy atom. The lowest BCUT2D eigenvalue weighted by atomic mass is 10.1. The van der Waals surface area contributed by atoms with Crippen LogP contribution in [0.1, 0.15) is 22.5 Å². The van der Waals surface area contributed by atoms with Crippen LogP contribution in [0.4, 0.5) is 0 Å². The third kappa shape index (κ3) is 2.20. The number of amides is 1. The maximum Gasteiger partial charge on any atom is 0.308 e. The van der Waals surface area contributed by atoms with Crippen molar-refractivity contribution in [3.8, 4) is 5.75 Å². The summed E-state index contributed by atoms with van der Waals surface area (Å²) in [6.45, 7) is 2.48. The Bertz CT molecular complexity index is 748. The largest absolute Gasteiger partial charge is 0.493 e. The molecule has 1 amide bonds. The van der Waals surface area contributed by atoms with Crippen LogP contribution in [0.5, 0.6) is 5.75 Å². The van der Waals surface area contributed by atoms with Crippen molar-refractivity contribution in [2.24, 2.45) is 5.92 Å². The van der Waals surface area contributed by atoms with Crippen molar-refractivity contribution in [2.45, 2.75) is 13.3 Å². The van der Waals surface area contributed by atoms with Crippen LogP contribution in [0.3, 0.4) is 0 Å². The Morgan fingerprint density at radius 1 is 1.41 bits per heavy atom. The molecule has 0 saturated carbocycles. The molecule has 2 heterocycles. The number of benzene rings is 1. The molecule has 1 saturated heterocycles. The molecule has 1 aliphatic rings. The molecule has 1 aromatic heterocycles. The van der Waals surface area contributed by atoms with E-state index in [1.54, 1.807) is 13.2 Å². The monoisotopic (exact) mass is 303 g/mol. The van der Waals surface area contributed by atoms with Gasteiger partial charge in [-0.1, -0.05) is 12.1 Å². The minimum absolute atomic E-state index is 0.224. The van der Waals surface area contributed by atoms with Gasteiger partial charge >= 0.3 is 5.97 Å². The number of hydrogen-bond donors (Lipinski definition) is 1. The van der Waals surface area contributed by atoms with E-state index < -0.39 is 11.9 Å². The summed E-state index contributed by atoms with van der Waals surface area (Å²) >= 11 is 0. The number of carboxylic acids is 1. The molecule has 0 spiro atoms. The van der Waals surface area contributed by atoms with Gasteiger partial charge in [0.15, 0.2) is 17.1 Å². The zero-order valence-electron chi connectivity index (χ0n) is 12.5. The smallest absolute Gasteiger partial charge is 0.308 e. The zero-order chi connectivity index (χ0) is 15.9. The standard InChI is InChI=1S/C16H17NO5/c1-9-11-4-3-5-12(21-2)14(11)22-13(9)15(18)17-7-6-10(8-17)16(19)20/h3-5,10H,6-8H2,1-2H3,(H,19,20)/t10-/m0/s1. The molecule has 22 heavy (non-hydrogen) atoms. The van der Waals surface area contributed by atoms with Crippen molar-refractivity contribution in [3.05, 3.63) is 29.5 Å². The molecule has 1 fully saturated rings. The molecule has 1 atom stereocenters. The molecule has 0 aliphatic carbocycles. The van der Waals surface area contributed by atoms with E-state index in [1.165, 1.54) is 4.90 Å². The van der Waals surface area contributed by atoms with E-state index in [0.29, 0.717) is 24.3 Å². The first kappa shape index (κ1) is 14.4. The van der Waals surface area contributed by atoms with E-state index in [1.807, 2.05) is 19.1 Å². The Hall–Kier alpha value is -2.50. The van der Waals surface area contributed by atoms with Crippen molar-refractivity contribution >= 4 is 22.8 Å². The average Bonchev–Trinajstić information content (AvgIpc) is 3.12.